The molecule has 7 nitrogen and oxygen atoms in total. The second-order valence-electron chi connectivity index (χ2n) is 7.06. The molecule has 4 rings (SSSR count). The minimum atomic E-state index is -0.825. The number of aliphatic hydroxyl groups excluding tert-OH is 1. The normalized spacial score (nSPS) is 16.9. The Morgan fingerprint density at radius 3 is 2.34 bits per heavy atom. The van der Waals surface area contributed by atoms with E-state index in [0.717, 1.165) is 4.90 Å². The van der Waals surface area contributed by atoms with Gasteiger partial charge in [-0.05, 0) is 42.0 Å². The molecule has 0 radical (unpaired) electrons. The van der Waals surface area contributed by atoms with Gasteiger partial charge in [0.25, 0.3) is 5.91 Å². The van der Waals surface area contributed by atoms with Crippen molar-refractivity contribution in [3.8, 4) is 17.6 Å². The lowest BCUT2D eigenvalue weighted by atomic mass is 9.96. The molecule has 1 fully saturated rings. The van der Waals surface area contributed by atoms with Crippen LogP contribution < -0.4 is 4.74 Å². The van der Waals surface area contributed by atoms with Crippen LogP contribution in [0.2, 0.25) is 0 Å². The molecule has 2 amide bonds. The zero-order valence-corrected chi connectivity index (χ0v) is 17.0. The maximum Gasteiger partial charge on any atom is 0.276 e. The first kappa shape index (κ1) is 21.0. The first-order valence-electron chi connectivity index (χ1n) is 9.99. The maximum absolute atomic E-state index is 12.9. The summed E-state index contributed by atoms with van der Waals surface area (Å²) in [5.74, 6) is -0.793. The van der Waals surface area contributed by atoms with Gasteiger partial charge in [-0.2, -0.15) is 5.26 Å². The highest BCUT2D eigenvalue weighted by atomic mass is 16.5. The Bertz CT molecular complexity index is 1210. The monoisotopic (exact) mass is 425 g/mol. The zero-order chi connectivity index (χ0) is 22.5. The highest BCUT2D eigenvalue weighted by Gasteiger charge is 2.45. The summed E-state index contributed by atoms with van der Waals surface area (Å²) in [4.78, 5) is 31.3. The summed E-state index contributed by atoms with van der Waals surface area (Å²) in [5.41, 5.74) is 1.67. The van der Waals surface area contributed by atoms with Crippen LogP contribution in [0.15, 0.2) is 83.9 Å². The summed E-state index contributed by atoms with van der Waals surface area (Å²) in [5, 5.41) is 18.5. The van der Waals surface area contributed by atoms with Crippen molar-refractivity contribution in [2.75, 3.05) is 13.2 Å². The van der Waals surface area contributed by atoms with Crippen molar-refractivity contribution in [2.24, 2.45) is 4.99 Å². The molecule has 1 saturated heterocycles. The number of aliphatic hydroxyl groups is 1. The van der Waals surface area contributed by atoms with Crippen molar-refractivity contribution in [3.63, 3.8) is 0 Å². The smallest absolute Gasteiger partial charge is 0.276 e. The first-order valence-corrected chi connectivity index (χ1v) is 9.99. The molecule has 158 valence electrons. The number of aliphatic imine (C=N–C) groups is 1. The average molecular weight is 425 g/mol. The zero-order valence-electron chi connectivity index (χ0n) is 17.0. The molecular weight excluding hydrogens is 406 g/mol. The fraction of sp³-hybridized carbons (Fsp3) is 0.120. The third kappa shape index (κ3) is 4.13. The summed E-state index contributed by atoms with van der Waals surface area (Å²) in [6.45, 7) is -0.395. The van der Waals surface area contributed by atoms with E-state index >= 15 is 0 Å². The Balaban J connectivity index is 1.64. The van der Waals surface area contributed by atoms with E-state index in [4.69, 9.17) is 4.74 Å². The van der Waals surface area contributed by atoms with Crippen LogP contribution in [0, 0.1) is 11.3 Å². The number of imide groups is 1. The van der Waals surface area contributed by atoms with E-state index in [1.54, 1.807) is 72.8 Å². The van der Waals surface area contributed by atoms with Gasteiger partial charge in [-0.3, -0.25) is 14.5 Å². The van der Waals surface area contributed by atoms with Crippen molar-refractivity contribution in [1.82, 2.24) is 4.90 Å². The molecular formula is C25H19N3O4. The van der Waals surface area contributed by atoms with Crippen molar-refractivity contribution in [2.45, 2.75) is 5.92 Å². The van der Waals surface area contributed by atoms with E-state index in [1.165, 1.54) is 0 Å². The number of carbonyl (C=O) groups excluding carboxylic acids is 2. The topological polar surface area (TPSA) is 103 Å². The standard InChI is InChI=1S/C25H19N3O4/c26-16-18-8-4-5-9-21(18)32-20-12-10-19(11-13-20)27-23-22(17-6-2-1-3-7-17)24(30)28(14-15-29)25(23)31/h1-13,22,29H,14-15H2. The van der Waals surface area contributed by atoms with Gasteiger partial charge < -0.3 is 9.84 Å². The number of β-amino-alcohol motifs (C(OH)–C–C–N with tert-alkyl or cyclic N) is 1. The SMILES string of the molecule is N#Cc1ccccc1Oc1ccc(N=C2C(=O)N(CCO)C(=O)C2c2ccccc2)cc1. The second kappa shape index (κ2) is 9.25. The van der Waals surface area contributed by atoms with Gasteiger partial charge >= 0.3 is 0 Å². The van der Waals surface area contributed by atoms with Crippen LogP contribution in [0.1, 0.15) is 17.0 Å². The lowest BCUT2D eigenvalue weighted by molar-refractivity contribution is -0.138. The van der Waals surface area contributed by atoms with Gasteiger partial charge in [0.05, 0.1) is 24.4 Å². The fourth-order valence-corrected chi connectivity index (χ4v) is 3.51. The Labute approximate surface area is 184 Å². The molecule has 1 N–H and O–H groups in total. The maximum atomic E-state index is 12.9. The van der Waals surface area contributed by atoms with E-state index in [0.29, 0.717) is 28.3 Å². The molecule has 1 heterocycles. The number of rotatable bonds is 6. The van der Waals surface area contributed by atoms with Gasteiger partial charge in [0, 0.05) is 0 Å². The number of hydrogen-bond donors (Lipinski definition) is 1. The van der Waals surface area contributed by atoms with E-state index in [2.05, 4.69) is 11.1 Å². The molecule has 0 aromatic heterocycles. The Kier molecular flexibility index (Phi) is 6.06. The van der Waals surface area contributed by atoms with Gasteiger partial charge in [-0.15, -0.1) is 0 Å². The van der Waals surface area contributed by atoms with Crippen LogP contribution >= 0.6 is 0 Å². The molecule has 1 unspecified atom stereocenters. The molecule has 3 aromatic rings. The number of benzene rings is 3. The largest absolute Gasteiger partial charge is 0.456 e. The number of likely N-dealkylation sites (tertiary alicyclic amines) is 1. The minimum Gasteiger partial charge on any atom is -0.456 e. The van der Waals surface area contributed by atoms with Crippen LogP contribution in [0.4, 0.5) is 5.69 Å². The van der Waals surface area contributed by atoms with Crippen LogP contribution in [-0.2, 0) is 9.59 Å². The number of nitrogens with zero attached hydrogens (tertiary/aromatic N) is 3. The number of amides is 2. The molecule has 1 atom stereocenters. The first-order chi connectivity index (χ1) is 15.6. The number of carbonyl (C=O) groups is 2. The summed E-state index contributed by atoms with van der Waals surface area (Å²) in [6.07, 6.45) is 0. The van der Waals surface area contributed by atoms with Gasteiger partial charge in [0.15, 0.2) is 0 Å². The van der Waals surface area contributed by atoms with Gasteiger partial charge in [-0.25, -0.2) is 4.99 Å². The predicted molar refractivity (Wildman–Crippen MR) is 118 cm³/mol. The van der Waals surface area contributed by atoms with Crippen molar-refractivity contribution >= 4 is 23.2 Å². The third-order valence-corrected chi connectivity index (χ3v) is 5.03. The Morgan fingerprint density at radius 1 is 0.969 bits per heavy atom. The number of nitriles is 1. The van der Waals surface area contributed by atoms with Crippen molar-refractivity contribution < 1.29 is 19.4 Å². The molecule has 7 heteroatoms. The molecule has 0 spiro atoms. The fourth-order valence-electron chi connectivity index (χ4n) is 3.51. The molecule has 3 aromatic carbocycles. The van der Waals surface area contributed by atoms with Crippen LogP contribution in [0.3, 0.4) is 0 Å². The van der Waals surface area contributed by atoms with Gasteiger partial charge in [0.1, 0.15) is 29.2 Å². The second-order valence-corrected chi connectivity index (χ2v) is 7.06. The molecule has 1 aliphatic rings. The summed E-state index contributed by atoms with van der Waals surface area (Å²) < 4.78 is 5.77. The number of para-hydroxylation sites is 1. The van der Waals surface area contributed by atoms with E-state index < -0.39 is 17.7 Å². The number of ether oxygens (including phenoxy) is 1. The highest BCUT2D eigenvalue weighted by molar-refractivity contribution is 6.52. The van der Waals surface area contributed by atoms with E-state index in [1.807, 2.05) is 6.07 Å². The Hall–Kier alpha value is -4.28. The Morgan fingerprint density at radius 2 is 1.66 bits per heavy atom. The number of hydrogen-bond acceptors (Lipinski definition) is 6. The van der Waals surface area contributed by atoms with E-state index in [9.17, 15) is 20.0 Å². The highest BCUT2D eigenvalue weighted by Crippen LogP contribution is 2.31. The summed E-state index contributed by atoms with van der Waals surface area (Å²) in [6, 6.07) is 24.7. The van der Waals surface area contributed by atoms with Gasteiger partial charge in [-0.1, -0.05) is 42.5 Å². The summed E-state index contributed by atoms with van der Waals surface area (Å²) in [7, 11) is 0. The molecule has 0 saturated carbocycles. The van der Waals surface area contributed by atoms with Crippen molar-refractivity contribution in [1.29, 1.82) is 5.26 Å². The minimum absolute atomic E-state index is 0.0783. The van der Waals surface area contributed by atoms with Crippen LogP contribution in [-0.4, -0.2) is 40.7 Å². The molecule has 32 heavy (non-hydrogen) atoms. The lowest BCUT2D eigenvalue weighted by Gasteiger charge is -2.12. The van der Waals surface area contributed by atoms with E-state index in [-0.39, 0.29) is 18.9 Å². The van der Waals surface area contributed by atoms with Crippen LogP contribution in [0.25, 0.3) is 0 Å². The lowest BCUT2D eigenvalue weighted by Crippen LogP contribution is -2.33. The third-order valence-electron chi connectivity index (χ3n) is 5.03. The van der Waals surface area contributed by atoms with Crippen molar-refractivity contribution in [3.05, 3.63) is 90.0 Å². The van der Waals surface area contributed by atoms with Gasteiger partial charge in [0.2, 0.25) is 5.91 Å². The molecule has 0 bridgehead atoms. The average Bonchev–Trinajstić information content (AvgIpc) is 3.05. The van der Waals surface area contributed by atoms with Crippen LogP contribution in [0.5, 0.6) is 11.5 Å². The summed E-state index contributed by atoms with van der Waals surface area (Å²) >= 11 is 0. The molecule has 0 aliphatic carbocycles. The quantitative estimate of drug-likeness (QED) is 0.608. The predicted octanol–water partition coefficient (Wildman–Crippen LogP) is 3.57. The molecule has 1 aliphatic heterocycles.